The fraction of sp³-hybridized carbons (Fsp3) is 0.273. The number of nitrogens with one attached hydrogen (secondary N) is 2. The molecule has 0 aliphatic heterocycles. The van der Waals surface area contributed by atoms with E-state index in [1.807, 2.05) is 60.7 Å². The third-order valence-corrected chi connectivity index (χ3v) is 6.61. The zero-order valence-electron chi connectivity index (χ0n) is 23.5. The van der Waals surface area contributed by atoms with Crippen LogP contribution in [0.25, 0.3) is 0 Å². The maximum atomic E-state index is 14.0. The van der Waals surface area contributed by atoms with Gasteiger partial charge in [-0.15, -0.1) is 0 Å². The van der Waals surface area contributed by atoms with Crippen LogP contribution in [0.3, 0.4) is 0 Å². The molecule has 8 heteroatoms. The molecule has 2 aromatic carbocycles. The number of carbonyl (C=O) groups excluding carboxylic acids is 2. The number of amides is 2. The van der Waals surface area contributed by atoms with Gasteiger partial charge in [-0.25, -0.2) is 4.79 Å². The Labute approximate surface area is 240 Å². The van der Waals surface area contributed by atoms with Crippen LogP contribution in [0.4, 0.5) is 4.79 Å². The molecule has 2 amide bonds. The normalized spacial score (nSPS) is 13.1. The van der Waals surface area contributed by atoms with Crippen LogP contribution < -0.4 is 10.6 Å². The number of nitrogens with zero attached hydrogens (tertiary/aromatic N) is 2. The average molecular weight is 553 g/mol. The van der Waals surface area contributed by atoms with Crippen molar-refractivity contribution in [3.8, 4) is 0 Å². The molecule has 8 nitrogen and oxygen atoms in total. The summed E-state index contributed by atoms with van der Waals surface area (Å²) in [5.41, 5.74) is 0.160. The molecule has 0 bridgehead atoms. The summed E-state index contributed by atoms with van der Waals surface area (Å²) in [6.45, 7) is 5.29. The van der Waals surface area contributed by atoms with E-state index in [9.17, 15) is 14.7 Å². The lowest BCUT2D eigenvalue weighted by molar-refractivity contribution is -0.126. The lowest BCUT2D eigenvalue weighted by Gasteiger charge is -2.38. The highest BCUT2D eigenvalue weighted by molar-refractivity contribution is 5.86. The number of aromatic nitrogens is 2. The van der Waals surface area contributed by atoms with Crippen LogP contribution in [0.5, 0.6) is 0 Å². The minimum absolute atomic E-state index is 0.314. The number of hydrogen-bond acceptors (Lipinski definition) is 6. The number of pyridine rings is 2. The van der Waals surface area contributed by atoms with E-state index in [0.717, 1.165) is 5.56 Å². The van der Waals surface area contributed by atoms with Crippen molar-refractivity contribution in [3.63, 3.8) is 0 Å². The van der Waals surface area contributed by atoms with Crippen LogP contribution in [0.1, 0.15) is 55.5 Å². The first-order valence-electron chi connectivity index (χ1n) is 13.6. The quantitative estimate of drug-likeness (QED) is 0.252. The first-order chi connectivity index (χ1) is 19.7. The summed E-state index contributed by atoms with van der Waals surface area (Å²) in [6.07, 6.45) is 6.54. The fourth-order valence-corrected chi connectivity index (χ4v) is 4.67. The Hall–Kier alpha value is -4.56. The molecule has 0 radical (unpaired) electrons. The van der Waals surface area contributed by atoms with Gasteiger partial charge in [0.15, 0.2) is 0 Å². The lowest BCUT2D eigenvalue weighted by Crippen LogP contribution is -2.53. The Balaban J connectivity index is 1.72. The van der Waals surface area contributed by atoms with Gasteiger partial charge in [0.2, 0.25) is 5.91 Å². The molecule has 2 unspecified atom stereocenters. The van der Waals surface area contributed by atoms with E-state index < -0.39 is 35.3 Å². The molecule has 0 saturated carbocycles. The highest BCUT2D eigenvalue weighted by Gasteiger charge is 2.43. The number of rotatable bonds is 10. The summed E-state index contributed by atoms with van der Waals surface area (Å²) in [5, 5.41) is 18.3. The second-order valence-electron chi connectivity index (χ2n) is 10.8. The number of carbonyl (C=O) groups is 2. The van der Waals surface area contributed by atoms with E-state index in [0.29, 0.717) is 29.5 Å². The Morgan fingerprint density at radius 1 is 0.805 bits per heavy atom. The van der Waals surface area contributed by atoms with Gasteiger partial charge in [-0.1, -0.05) is 72.8 Å². The van der Waals surface area contributed by atoms with Crippen molar-refractivity contribution in [1.82, 2.24) is 20.6 Å². The molecular formula is C33H36N4O4. The van der Waals surface area contributed by atoms with Gasteiger partial charge in [0, 0.05) is 35.9 Å². The Morgan fingerprint density at radius 2 is 1.37 bits per heavy atom. The molecule has 212 valence electrons. The van der Waals surface area contributed by atoms with Crippen LogP contribution in [-0.4, -0.2) is 38.7 Å². The number of benzene rings is 2. The summed E-state index contributed by atoms with van der Waals surface area (Å²) in [7, 11) is 0. The van der Waals surface area contributed by atoms with Crippen molar-refractivity contribution in [1.29, 1.82) is 0 Å². The van der Waals surface area contributed by atoms with E-state index in [4.69, 9.17) is 4.74 Å². The number of ether oxygens (including phenoxy) is 1. The third kappa shape index (κ3) is 7.77. The van der Waals surface area contributed by atoms with E-state index in [1.165, 1.54) is 0 Å². The molecule has 0 saturated heterocycles. The van der Waals surface area contributed by atoms with E-state index >= 15 is 0 Å². The molecule has 0 aliphatic rings. The third-order valence-electron chi connectivity index (χ3n) is 6.61. The highest BCUT2D eigenvalue weighted by Crippen LogP contribution is 2.40. The topological polar surface area (TPSA) is 113 Å². The minimum atomic E-state index is -1.74. The lowest BCUT2D eigenvalue weighted by atomic mass is 9.78. The monoisotopic (exact) mass is 552 g/mol. The van der Waals surface area contributed by atoms with Crippen LogP contribution >= 0.6 is 0 Å². The molecule has 0 fully saturated rings. The predicted molar refractivity (Wildman–Crippen MR) is 157 cm³/mol. The molecule has 41 heavy (non-hydrogen) atoms. The second kappa shape index (κ2) is 13.2. The average Bonchev–Trinajstić information content (AvgIpc) is 2.98. The van der Waals surface area contributed by atoms with Gasteiger partial charge in [-0.05, 0) is 56.9 Å². The van der Waals surface area contributed by atoms with Gasteiger partial charge in [0.25, 0.3) is 0 Å². The molecule has 2 aromatic heterocycles. The first-order valence-corrected chi connectivity index (χ1v) is 13.6. The summed E-state index contributed by atoms with van der Waals surface area (Å²) >= 11 is 0. The van der Waals surface area contributed by atoms with Crippen LogP contribution in [0.15, 0.2) is 110 Å². The minimum Gasteiger partial charge on any atom is -0.444 e. The summed E-state index contributed by atoms with van der Waals surface area (Å²) in [5.74, 6) is -0.466. The van der Waals surface area contributed by atoms with Gasteiger partial charge in [-0.2, -0.15) is 0 Å². The van der Waals surface area contributed by atoms with Crippen molar-refractivity contribution in [3.05, 3.63) is 132 Å². The molecule has 4 aromatic rings. The smallest absolute Gasteiger partial charge is 0.408 e. The van der Waals surface area contributed by atoms with E-state index in [2.05, 4.69) is 20.6 Å². The first kappa shape index (κ1) is 29.4. The van der Waals surface area contributed by atoms with Crippen LogP contribution in [0, 0.1) is 0 Å². The summed E-state index contributed by atoms with van der Waals surface area (Å²) in [6, 6.07) is 24.0. The zero-order valence-corrected chi connectivity index (χ0v) is 23.5. The molecule has 3 N–H and O–H groups in total. The van der Waals surface area contributed by atoms with Crippen molar-refractivity contribution < 1.29 is 19.4 Å². The molecule has 2 heterocycles. The summed E-state index contributed by atoms with van der Waals surface area (Å²) in [4.78, 5) is 35.3. The Bertz CT molecular complexity index is 1360. The maximum Gasteiger partial charge on any atom is 0.408 e. The largest absolute Gasteiger partial charge is 0.444 e. The maximum absolute atomic E-state index is 14.0. The van der Waals surface area contributed by atoms with Crippen LogP contribution in [0.2, 0.25) is 0 Å². The SMILES string of the molecule is CC(C)(C)OC(=O)NC(CCc1ccccc1)C(=O)NC(c1ccccc1)C(O)(c1cccnc1)c1cccnc1. The number of aryl methyl sites for hydroxylation is 1. The van der Waals surface area contributed by atoms with Gasteiger partial charge >= 0.3 is 6.09 Å². The molecular weight excluding hydrogens is 516 g/mol. The number of hydrogen-bond donors (Lipinski definition) is 3. The molecule has 0 aliphatic carbocycles. The van der Waals surface area contributed by atoms with Crippen molar-refractivity contribution >= 4 is 12.0 Å². The molecule has 0 spiro atoms. The van der Waals surface area contributed by atoms with E-state index in [1.54, 1.807) is 69.8 Å². The second-order valence-corrected chi connectivity index (χ2v) is 10.8. The Morgan fingerprint density at radius 3 is 1.88 bits per heavy atom. The fourth-order valence-electron chi connectivity index (χ4n) is 4.67. The van der Waals surface area contributed by atoms with Gasteiger partial charge in [0.05, 0.1) is 6.04 Å². The van der Waals surface area contributed by atoms with E-state index in [-0.39, 0.29) is 0 Å². The van der Waals surface area contributed by atoms with Crippen molar-refractivity contribution in [2.75, 3.05) is 0 Å². The number of alkyl carbamates (subject to hydrolysis) is 1. The molecule has 4 rings (SSSR count). The standard InChI is InChI=1S/C33H36N4O4/c1-32(2,3)41-31(39)36-28(19-18-24-12-6-4-7-13-24)30(38)37-29(25-14-8-5-9-15-25)33(40,26-16-10-20-34-22-26)27-17-11-21-35-23-27/h4-17,20-23,28-29,40H,18-19H2,1-3H3,(H,36,39)(H,37,38). The van der Waals surface area contributed by atoms with Gasteiger partial charge in [-0.3, -0.25) is 14.8 Å². The van der Waals surface area contributed by atoms with Crippen molar-refractivity contribution in [2.45, 2.75) is 56.9 Å². The van der Waals surface area contributed by atoms with Crippen molar-refractivity contribution in [2.24, 2.45) is 0 Å². The molecule has 2 atom stereocenters. The zero-order chi connectivity index (χ0) is 29.3. The van der Waals surface area contributed by atoms with Gasteiger partial charge < -0.3 is 20.5 Å². The van der Waals surface area contributed by atoms with Crippen LogP contribution in [-0.2, 0) is 21.6 Å². The predicted octanol–water partition coefficient (Wildman–Crippen LogP) is 5.10. The highest BCUT2D eigenvalue weighted by atomic mass is 16.6. The van der Waals surface area contributed by atoms with Gasteiger partial charge in [0.1, 0.15) is 17.2 Å². The number of aliphatic hydroxyl groups is 1. The summed E-state index contributed by atoms with van der Waals surface area (Å²) < 4.78 is 5.47. The Kier molecular flexibility index (Phi) is 9.47.